The average Bonchev–Trinajstić information content (AvgIpc) is 2.74. The van der Waals surface area contributed by atoms with Crippen LogP contribution in [0.4, 0.5) is 0 Å². The highest BCUT2D eigenvalue weighted by Gasteiger charge is 2.13. The molecule has 0 saturated carbocycles. The molecule has 0 aliphatic rings. The summed E-state index contributed by atoms with van der Waals surface area (Å²) in [7, 11) is 0. The molecule has 1 aromatic heterocycles. The monoisotopic (exact) mass is 246 g/mol. The molecule has 1 heterocycles. The molecule has 0 saturated heterocycles. The molecule has 0 N–H and O–H groups in total. The maximum absolute atomic E-state index is 8.94. The number of benzene rings is 1. The molecule has 2 rings (SSSR count). The Morgan fingerprint density at radius 2 is 2.24 bits per heavy atom. The van der Waals surface area contributed by atoms with Crippen molar-refractivity contribution in [1.82, 2.24) is 15.0 Å². The second kappa shape index (κ2) is 4.56. The second-order valence-electron chi connectivity index (χ2n) is 3.69. The average molecular weight is 247 g/mol. The Hall–Kier alpha value is -1.86. The van der Waals surface area contributed by atoms with Gasteiger partial charge in [0, 0.05) is 5.02 Å². The first kappa shape index (κ1) is 11.6. The van der Waals surface area contributed by atoms with Crippen LogP contribution in [-0.4, -0.2) is 15.0 Å². The van der Waals surface area contributed by atoms with Crippen molar-refractivity contribution in [3.8, 4) is 11.8 Å². The lowest BCUT2D eigenvalue weighted by atomic mass is 10.2. The van der Waals surface area contributed by atoms with Gasteiger partial charge in [-0.1, -0.05) is 29.8 Å². The fourth-order valence-corrected chi connectivity index (χ4v) is 1.88. The molecule has 4 nitrogen and oxygen atoms in total. The fourth-order valence-electron chi connectivity index (χ4n) is 1.71. The smallest absolute Gasteiger partial charge is 0.186 e. The lowest BCUT2D eigenvalue weighted by molar-refractivity contribution is 0.763. The number of aryl methyl sites for hydroxylation is 1. The van der Waals surface area contributed by atoms with Crippen LogP contribution in [0.5, 0.6) is 0 Å². The van der Waals surface area contributed by atoms with Crippen molar-refractivity contribution < 1.29 is 0 Å². The molecule has 0 radical (unpaired) electrons. The molecule has 86 valence electrons. The Bertz CT molecular complexity index is 595. The number of aromatic nitrogens is 3. The van der Waals surface area contributed by atoms with Gasteiger partial charge in [-0.15, -0.1) is 5.10 Å². The van der Waals surface area contributed by atoms with Crippen LogP contribution in [0.3, 0.4) is 0 Å². The minimum absolute atomic E-state index is 0.367. The van der Waals surface area contributed by atoms with E-state index < -0.39 is 0 Å². The zero-order valence-corrected chi connectivity index (χ0v) is 10.4. The SMILES string of the molecule is CCc1c(C#N)nnn1-c1cc(Cl)ccc1C. The van der Waals surface area contributed by atoms with Crippen LogP contribution in [0.25, 0.3) is 5.69 Å². The first-order chi connectivity index (χ1) is 8.17. The molecule has 0 spiro atoms. The van der Waals surface area contributed by atoms with Gasteiger partial charge < -0.3 is 0 Å². The van der Waals surface area contributed by atoms with E-state index in [0.717, 1.165) is 16.9 Å². The van der Waals surface area contributed by atoms with E-state index in [1.165, 1.54) is 0 Å². The van der Waals surface area contributed by atoms with E-state index >= 15 is 0 Å². The van der Waals surface area contributed by atoms with E-state index in [4.69, 9.17) is 16.9 Å². The predicted octanol–water partition coefficient (Wildman–Crippen LogP) is 2.66. The summed E-state index contributed by atoms with van der Waals surface area (Å²) in [5.41, 5.74) is 3.08. The molecular weight excluding hydrogens is 236 g/mol. The highest BCUT2D eigenvalue weighted by molar-refractivity contribution is 6.30. The topological polar surface area (TPSA) is 54.5 Å². The molecule has 0 aliphatic heterocycles. The van der Waals surface area contributed by atoms with Gasteiger partial charge in [-0.05, 0) is 31.0 Å². The highest BCUT2D eigenvalue weighted by atomic mass is 35.5. The summed E-state index contributed by atoms with van der Waals surface area (Å²) in [6, 6.07) is 7.62. The lowest BCUT2D eigenvalue weighted by Gasteiger charge is -2.08. The molecule has 0 unspecified atom stereocenters. The van der Waals surface area contributed by atoms with Gasteiger partial charge in [0.15, 0.2) is 5.69 Å². The molecule has 0 fully saturated rings. The molecule has 1 aromatic carbocycles. The summed E-state index contributed by atoms with van der Waals surface area (Å²) < 4.78 is 1.68. The highest BCUT2D eigenvalue weighted by Crippen LogP contribution is 2.21. The van der Waals surface area contributed by atoms with Gasteiger partial charge in [-0.3, -0.25) is 0 Å². The number of rotatable bonds is 2. The number of hydrogen-bond donors (Lipinski definition) is 0. The van der Waals surface area contributed by atoms with Gasteiger partial charge >= 0.3 is 0 Å². The molecule has 0 atom stereocenters. The third-order valence-electron chi connectivity index (χ3n) is 2.60. The van der Waals surface area contributed by atoms with Crippen molar-refractivity contribution in [2.45, 2.75) is 20.3 Å². The van der Waals surface area contributed by atoms with E-state index in [-0.39, 0.29) is 0 Å². The zero-order valence-electron chi connectivity index (χ0n) is 9.61. The maximum Gasteiger partial charge on any atom is 0.186 e. The van der Waals surface area contributed by atoms with Crippen LogP contribution in [0, 0.1) is 18.3 Å². The summed E-state index contributed by atoms with van der Waals surface area (Å²) in [6.07, 6.45) is 0.696. The van der Waals surface area contributed by atoms with Crippen LogP contribution in [0.15, 0.2) is 18.2 Å². The Labute approximate surface area is 104 Å². The van der Waals surface area contributed by atoms with Crippen LogP contribution < -0.4 is 0 Å². The molecule has 2 aromatic rings. The van der Waals surface area contributed by atoms with Gasteiger partial charge in [-0.2, -0.15) is 5.26 Å². The standard InChI is InChI=1S/C12H11ClN4/c1-3-11-10(7-14)15-16-17(11)12-6-9(13)5-4-8(12)2/h4-6H,3H2,1-2H3. The Morgan fingerprint density at radius 1 is 1.47 bits per heavy atom. The van der Waals surface area contributed by atoms with Crippen molar-refractivity contribution in [3.63, 3.8) is 0 Å². The van der Waals surface area contributed by atoms with E-state index in [2.05, 4.69) is 10.3 Å². The summed E-state index contributed by atoms with van der Waals surface area (Å²) in [4.78, 5) is 0. The van der Waals surface area contributed by atoms with Crippen molar-refractivity contribution in [1.29, 1.82) is 5.26 Å². The van der Waals surface area contributed by atoms with Gasteiger partial charge in [0.25, 0.3) is 0 Å². The molecule has 0 bridgehead atoms. The maximum atomic E-state index is 8.94. The van der Waals surface area contributed by atoms with Gasteiger partial charge in [0.2, 0.25) is 0 Å². The summed E-state index contributed by atoms with van der Waals surface area (Å²) in [5, 5.41) is 17.5. The van der Waals surface area contributed by atoms with Crippen LogP contribution in [0.1, 0.15) is 23.9 Å². The van der Waals surface area contributed by atoms with E-state index in [0.29, 0.717) is 17.1 Å². The third kappa shape index (κ3) is 2.02. The molecule has 5 heteroatoms. The second-order valence-corrected chi connectivity index (χ2v) is 4.13. The molecule has 17 heavy (non-hydrogen) atoms. The summed E-state index contributed by atoms with van der Waals surface area (Å²) >= 11 is 5.98. The number of nitriles is 1. The Morgan fingerprint density at radius 3 is 2.88 bits per heavy atom. The molecule has 0 amide bonds. The van der Waals surface area contributed by atoms with Gasteiger partial charge in [0.1, 0.15) is 6.07 Å². The fraction of sp³-hybridized carbons (Fsp3) is 0.250. The Balaban J connectivity index is 2.65. The minimum atomic E-state index is 0.367. The zero-order chi connectivity index (χ0) is 12.4. The molecule has 0 aliphatic carbocycles. The number of hydrogen-bond acceptors (Lipinski definition) is 3. The first-order valence-electron chi connectivity index (χ1n) is 5.28. The van der Waals surface area contributed by atoms with E-state index in [1.54, 1.807) is 4.68 Å². The number of nitrogens with zero attached hydrogens (tertiary/aromatic N) is 4. The predicted molar refractivity (Wildman–Crippen MR) is 65.2 cm³/mol. The van der Waals surface area contributed by atoms with Crippen molar-refractivity contribution in [3.05, 3.63) is 40.2 Å². The van der Waals surface area contributed by atoms with Gasteiger partial charge in [-0.25, -0.2) is 4.68 Å². The van der Waals surface area contributed by atoms with Crippen molar-refractivity contribution in [2.75, 3.05) is 0 Å². The summed E-state index contributed by atoms with van der Waals surface area (Å²) in [5.74, 6) is 0. The van der Waals surface area contributed by atoms with Crippen LogP contribution in [0.2, 0.25) is 5.02 Å². The van der Waals surface area contributed by atoms with Crippen molar-refractivity contribution in [2.24, 2.45) is 0 Å². The third-order valence-corrected chi connectivity index (χ3v) is 2.84. The normalized spacial score (nSPS) is 10.2. The largest absolute Gasteiger partial charge is 0.216 e. The quantitative estimate of drug-likeness (QED) is 0.819. The van der Waals surface area contributed by atoms with Crippen molar-refractivity contribution >= 4 is 11.6 Å². The van der Waals surface area contributed by atoms with E-state index in [1.807, 2.05) is 38.1 Å². The Kier molecular flexibility index (Phi) is 3.12. The lowest BCUT2D eigenvalue weighted by Crippen LogP contribution is -2.04. The molecular formula is C12H11ClN4. The minimum Gasteiger partial charge on any atom is -0.216 e. The van der Waals surface area contributed by atoms with Gasteiger partial charge in [0.05, 0.1) is 11.4 Å². The van der Waals surface area contributed by atoms with Crippen LogP contribution in [-0.2, 0) is 6.42 Å². The summed E-state index contributed by atoms with van der Waals surface area (Å²) in [6.45, 7) is 3.94. The number of halogens is 1. The van der Waals surface area contributed by atoms with Crippen LogP contribution >= 0.6 is 11.6 Å². The van der Waals surface area contributed by atoms with E-state index in [9.17, 15) is 0 Å². The first-order valence-corrected chi connectivity index (χ1v) is 5.66.